The van der Waals surface area contributed by atoms with E-state index < -0.39 is 48.9 Å². The topological polar surface area (TPSA) is 143 Å². The van der Waals surface area contributed by atoms with Crippen LogP contribution >= 0.6 is 0 Å². The fraction of sp³-hybridized carbons (Fsp3) is 0.321. The van der Waals surface area contributed by atoms with E-state index in [9.17, 15) is 37.1 Å². The normalized spacial score (nSPS) is 11.5. The van der Waals surface area contributed by atoms with Crippen molar-refractivity contribution in [3.63, 3.8) is 0 Å². The van der Waals surface area contributed by atoms with Gasteiger partial charge >= 0.3 is 24.1 Å². The molecule has 0 bridgehead atoms. The summed E-state index contributed by atoms with van der Waals surface area (Å²) >= 11 is 0. The minimum Gasteiger partial charge on any atom is -0.386 e. The lowest BCUT2D eigenvalue weighted by molar-refractivity contribution is -0.202. The Kier molecular flexibility index (Phi) is 13.0. The Morgan fingerprint density at radius 2 is 1.51 bits per heavy atom. The van der Waals surface area contributed by atoms with E-state index >= 15 is 0 Å². The van der Waals surface area contributed by atoms with E-state index in [2.05, 4.69) is 32.6 Å². The Labute approximate surface area is 234 Å². The number of hydrogen-bond acceptors (Lipinski definition) is 6. The minimum absolute atomic E-state index is 0.0828. The van der Waals surface area contributed by atoms with Crippen molar-refractivity contribution >= 4 is 29.8 Å². The largest absolute Gasteiger partial charge is 0.491 e. The molecule has 41 heavy (non-hydrogen) atoms. The van der Waals surface area contributed by atoms with Gasteiger partial charge in [0.1, 0.15) is 0 Å². The molecule has 2 aromatic carbocycles. The van der Waals surface area contributed by atoms with E-state index in [0.29, 0.717) is 31.5 Å². The van der Waals surface area contributed by atoms with Crippen LogP contribution in [0.25, 0.3) is 11.1 Å². The number of carbonyl (C=O) groups is 5. The molecule has 2 aromatic rings. The van der Waals surface area contributed by atoms with Crippen molar-refractivity contribution in [2.75, 3.05) is 19.6 Å². The number of halogens is 3. The molecule has 10 nitrogen and oxygen atoms in total. The zero-order valence-electron chi connectivity index (χ0n) is 22.1. The highest BCUT2D eigenvalue weighted by atomic mass is 19.4. The third kappa shape index (κ3) is 12.4. The van der Waals surface area contributed by atoms with Gasteiger partial charge in [0, 0.05) is 19.5 Å². The molecular weight excluding hydrogens is 545 g/mol. The molecule has 0 fully saturated rings. The number of carbonyl (C=O) groups excluding carboxylic acids is 5. The number of benzene rings is 2. The average Bonchev–Trinajstić information content (AvgIpc) is 2.94. The van der Waals surface area contributed by atoms with Crippen molar-refractivity contribution in [2.24, 2.45) is 0 Å². The van der Waals surface area contributed by atoms with Crippen LogP contribution < -0.4 is 21.3 Å². The van der Waals surface area contributed by atoms with Gasteiger partial charge in [0.25, 0.3) is 0 Å². The third-order valence-corrected chi connectivity index (χ3v) is 5.53. The number of esters is 2. The SMILES string of the molecule is C=CCNC(=O)NCCCCC(=O)NCC(=O)NC(CC(=O)OC(=O)C(F)(F)F)c1ccc(-c2ccccc2)cc1. The summed E-state index contributed by atoms with van der Waals surface area (Å²) in [7, 11) is 0. The fourth-order valence-corrected chi connectivity index (χ4v) is 3.51. The molecule has 13 heteroatoms. The Bertz CT molecular complexity index is 1200. The molecule has 0 aliphatic carbocycles. The molecule has 220 valence electrons. The Hall–Kier alpha value is -4.68. The summed E-state index contributed by atoms with van der Waals surface area (Å²) in [5, 5.41) is 10.1. The Morgan fingerprint density at radius 3 is 2.15 bits per heavy atom. The summed E-state index contributed by atoms with van der Waals surface area (Å²) < 4.78 is 41.4. The second-order valence-electron chi connectivity index (χ2n) is 8.73. The zero-order chi connectivity index (χ0) is 30.3. The first-order valence-electron chi connectivity index (χ1n) is 12.7. The number of amides is 4. The van der Waals surface area contributed by atoms with Crippen molar-refractivity contribution in [2.45, 2.75) is 37.9 Å². The van der Waals surface area contributed by atoms with Crippen molar-refractivity contribution in [1.82, 2.24) is 21.3 Å². The van der Waals surface area contributed by atoms with Crippen molar-refractivity contribution in [1.29, 1.82) is 0 Å². The lowest BCUT2D eigenvalue weighted by Crippen LogP contribution is -2.39. The number of ether oxygens (including phenoxy) is 1. The lowest BCUT2D eigenvalue weighted by Gasteiger charge is -2.19. The molecule has 4 amide bonds. The van der Waals surface area contributed by atoms with Gasteiger partial charge in [-0.3, -0.25) is 14.4 Å². The first-order chi connectivity index (χ1) is 19.5. The highest BCUT2D eigenvalue weighted by Crippen LogP contribution is 2.24. The van der Waals surface area contributed by atoms with Gasteiger partial charge in [0.2, 0.25) is 11.8 Å². The van der Waals surface area contributed by atoms with Crippen molar-refractivity contribution < 1.29 is 41.9 Å². The zero-order valence-corrected chi connectivity index (χ0v) is 22.1. The van der Waals surface area contributed by atoms with Crippen LogP contribution in [0.5, 0.6) is 0 Å². The Balaban J connectivity index is 1.93. The van der Waals surface area contributed by atoms with E-state index in [4.69, 9.17) is 0 Å². The quantitative estimate of drug-likeness (QED) is 0.118. The van der Waals surface area contributed by atoms with Crippen molar-refractivity contribution in [3.8, 4) is 11.1 Å². The number of rotatable bonds is 14. The first kappa shape index (κ1) is 32.5. The fourth-order valence-electron chi connectivity index (χ4n) is 3.51. The summed E-state index contributed by atoms with van der Waals surface area (Å²) in [5.41, 5.74) is 2.07. The van der Waals surface area contributed by atoms with E-state index in [1.165, 1.54) is 6.08 Å². The number of hydrogen-bond donors (Lipinski definition) is 4. The molecule has 1 unspecified atom stereocenters. The monoisotopic (exact) mass is 576 g/mol. The molecule has 0 aliphatic rings. The molecule has 0 aromatic heterocycles. The maximum Gasteiger partial charge on any atom is 0.491 e. The maximum absolute atomic E-state index is 12.5. The summed E-state index contributed by atoms with van der Waals surface area (Å²) in [6.07, 6.45) is -3.56. The van der Waals surface area contributed by atoms with Crippen LogP contribution in [-0.4, -0.2) is 55.6 Å². The van der Waals surface area contributed by atoms with Crippen LogP contribution in [0.1, 0.15) is 37.3 Å². The summed E-state index contributed by atoms with van der Waals surface area (Å²) in [5.74, 6) is -5.30. The van der Waals surface area contributed by atoms with E-state index in [1.807, 2.05) is 30.3 Å². The predicted octanol–water partition coefficient (Wildman–Crippen LogP) is 3.30. The van der Waals surface area contributed by atoms with Gasteiger partial charge in [-0.1, -0.05) is 60.7 Å². The van der Waals surface area contributed by atoms with Crippen LogP contribution in [-0.2, 0) is 23.9 Å². The second-order valence-corrected chi connectivity index (χ2v) is 8.73. The van der Waals surface area contributed by atoms with Gasteiger partial charge in [-0.25, -0.2) is 9.59 Å². The molecule has 1 atom stereocenters. The second kappa shape index (κ2) is 16.4. The van der Waals surface area contributed by atoms with E-state index in [-0.39, 0.29) is 12.5 Å². The number of unbranched alkanes of at least 4 members (excludes halogenated alkanes) is 1. The van der Waals surface area contributed by atoms with Gasteiger partial charge in [0.05, 0.1) is 19.0 Å². The van der Waals surface area contributed by atoms with E-state index in [0.717, 1.165) is 11.1 Å². The van der Waals surface area contributed by atoms with Gasteiger partial charge < -0.3 is 26.0 Å². The molecule has 0 heterocycles. The Morgan fingerprint density at radius 1 is 0.854 bits per heavy atom. The number of nitrogens with one attached hydrogen (secondary N) is 4. The molecule has 0 spiro atoms. The molecular formula is C28H31F3N4O6. The molecule has 0 aliphatic heterocycles. The first-order valence-corrected chi connectivity index (χ1v) is 12.7. The standard InChI is InChI=1S/C28H31F3N4O6/c1-2-15-32-27(40)33-16-7-6-10-23(36)34-18-24(37)35-22(17-25(38)41-26(39)28(29,30)31)21-13-11-20(12-14-21)19-8-4-3-5-9-19/h2-5,8-9,11-14,22H,1,6-7,10,15-18H2,(H,34,36)(H,35,37)(H2,32,33,40). The lowest BCUT2D eigenvalue weighted by atomic mass is 9.99. The minimum atomic E-state index is -5.36. The average molecular weight is 577 g/mol. The maximum atomic E-state index is 12.5. The van der Waals surface area contributed by atoms with Crippen molar-refractivity contribution in [3.05, 3.63) is 72.8 Å². The van der Waals surface area contributed by atoms with Crippen LogP contribution in [0.4, 0.5) is 18.0 Å². The van der Waals surface area contributed by atoms with Crippen LogP contribution in [0.3, 0.4) is 0 Å². The summed E-state index contributed by atoms with van der Waals surface area (Å²) in [6.45, 7) is 3.68. The van der Waals surface area contributed by atoms with Gasteiger partial charge in [-0.2, -0.15) is 13.2 Å². The van der Waals surface area contributed by atoms with E-state index in [1.54, 1.807) is 24.3 Å². The van der Waals surface area contributed by atoms with Crippen LogP contribution in [0, 0.1) is 0 Å². The van der Waals surface area contributed by atoms with Gasteiger partial charge in [-0.05, 0) is 29.5 Å². The van der Waals surface area contributed by atoms with Crippen LogP contribution in [0.15, 0.2) is 67.3 Å². The third-order valence-electron chi connectivity index (χ3n) is 5.53. The molecule has 0 radical (unpaired) electrons. The van der Waals surface area contributed by atoms with Gasteiger partial charge in [0.15, 0.2) is 0 Å². The number of urea groups is 1. The molecule has 0 saturated heterocycles. The summed E-state index contributed by atoms with van der Waals surface area (Å²) in [6, 6.07) is 14.3. The smallest absolute Gasteiger partial charge is 0.386 e. The summed E-state index contributed by atoms with van der Waals surface area (Å²) in [4.78, 5) is 59.2. The molecule has 4 N–H and O–H groups in total. The highest BCUT2D eigenvalue weighted by molar-refractivity contribution is 5.89. The predicted molar refractivity (Wildman–Crippen MR) is 143 cm³/mol. The van der Waals surface area contributed by atoms with Crippen LogP contribution in [0.2, 0.25) is 0 Å². The molecule has 2 rings (SSSR count). The molecule has 0 saturated carbocycles. The number of alkyl halides is 3. The van der Waals surface area contributed by atoms with Gasteiger partial charge in [-0.15, -0.1) is 6.58 Å². The highest BCUT2D eigenvalue weighted by Gasteiger charge is 2.42.